The largest absolute Gasteiger partial charge is 0.326 e. The van der Waals surface area contributed by atoms with Gasteiger partial charge in [0, 0.05) is 17.3 Å². The topological polar surface area (TPSA) is 57.8 Å². The predicted octanol–water partition coefficient (Wildman–Crippen LogP) is 4.28. The van der Waals surface area contributed by atoms with Crippen LogP contribution in [0.25, 0.3) is 11.3 Å². The number of hydrogen-bond acceptors (Lipinski definition) is 3. The molecule has 4 nitrogen and oxygen atoms in total. The van der Waals surface area contributed by atoms with E-state index in [9.17, 15) is 9.18 Å². The highest BCUT2D eigenvalue weighted by Gasteiger charge is 2.06. The second-order valence-electron chi connectivity index (χ2n) is 5.10. The summed E-state index contributed by atoms with van der Waals surface area (Å²) in [4.78, 5) is 18.8. The number of nitrogens with zero attached hydrogens (tertiary/aromatic N) is 1. The van der Waals surface area contributed by atoms with Crippen LogP contribution in [-0.2, 0) is 0 Å². The first kappa shape index (κ1) is 15.2. The number of anilines is 2. The van der Waals surface area contributed by atoms with E-state index in [1.165, 1.54) is 18.2 Å². The van der Waals surface area contributed by atoms with E-state index < -0.39 is 5.82 Å². The third-order valence-electron chi connectivity index (χ3n) is 3.27. The van der Waals surface area contributed by atoms with Gasteiger partial charge in [-0.1, -0.05) is 41.4 Å². The molecule has 0 saturated carbocycles. The van der Waals surface area contributed by atoms with E-state index in [2.05, 4.69) is 15.3 Å². The van der Waals surface area contributed by atoms with Crippen LogP contribution in [0, 0.1) is 12.7 Å². The number of aromatic amines is 1. The second-order valence-corrected chi connectivity index (χ2v) is 5.51. The van der Waals surface area contributed by atoms with Gasteiger partial charge in [-0.2, -0.15) is 0 Å². The molecule has 1 heterocycles. The number of hydrogen-bond donors (Lipinski definition) is 2. The summed E-state index contributed by atoms with van der Waals surface area (Å²) in [6.45, 7) is 1.98. The van der Waals surface area contributed by atoms with E-state index in [0.717, 1.165) is 11.1 Å². The summed E-state index contributed by atoms with van der Waals surface area (Å²) in [6, 6.07) is 13.4. The van der Waals surface area contributed by atoms with E-state index in [1.54, 1.807) is 6.07 Å². The molecule has 0 fully saturated rings. The van der Waals surface area contributed by atoms with Gasteiger partial charge in [0.25, 0.3) is 5.56 Å². The van der Waals surface area contributed by atoms with Gasteiger partial charge < -0.3 is 5.32 Å². The number of nitrogens with one attached hydrogen (secondary N) is 2. The molecule has 3 rings (SSSR count). The predicted molar refractivity (Wildman–Crippen MR) is 89.7 cm³/mol. The van der Waals surface area contributed by atoms with Crippen molar-refractivity contribution in [3.05, 3.63) is 75.3 Å². The van der Waals surface area contributed by atoms with Crippen molar-refractivity contribution in [2.75, 3.05) is 5.32 Å². The third-order valence-corrected chi connectivity index (χ3v) is 3.58. The van der Waals surface area contributed by atoms with E-state index in [4.69, 9.17) is 11.6 Å². The van der Waals surface area contributed by atoms with Crippen LogP contribution in [0.3, 0.4) is 0 Å². The van der Waals surface area contributed by atoms with Gasteiger partial charge in [-0.3, -0.25) is 9.78 Å². The SMILES string of the molecule is Cc1ccc(-c2cc(=O)[nH]c(Nc3ccc(Cl)c(F)c3)n2)cc1. The number of aromatic nitrogens is 2. The van der Waals surface area contributed by atoms with Crippen molar-refractivity contribution >= 4 is 23.2 Å². The summed E-state index contributed by atoms with van der Waals surface area (Å²) in [7, 11) is 0. The molecule has 0 aliphatic rings. The zero-order valence-electron chi connectivity index (χ0n) is 12.2. The molecule has 0 amide bonds. The molecule has 0 unspecified atom stereocenters. The Balaban J connectivity index is 1.95. The molecule has 0 radical (unpaired) electrons. The molecule has 0 saturated heterocycles. The lowest BCUT2D eigenvalue weighted by Crippen LogP contribution is -2.10. The number of aryl methyl sites for hydroxylation is 1. The van der Waals surface area contributed by atoms with Crippen molar-refractivity contribution in [3.8, 4) is 11.3 Å². The molecular weight excluding hydrogens is 317 g/mol. The van der Waals surface area contributed by atoms with Gasteiger partial charge in [0.15, 0.2) is 0 Å². The summed E-state index contributed by atoms with van der Waals surface area (Å²) >= 11 is 5.65. The average Bonchev–Trinajstić information content (AvgIpc) is 2.51. The first-order valence-electron chi connectivity index (χ1n) is 6.92. The number of H-pyrrole nitrogens is 1. The number of benzene rings is 2. The molecule has 3 aromatic rings. The Morgan fingerprint density at radius 3 is 2.57 bits per heavy atom. The standard InChI is InChI=1S/C17H13ClFN3O/c1-10-2-4-11(5-3-10)15-9-16(23)22-17(21-15)20-12-6-7-13(18)14(19)8-12/h2-9H,1H3,(H2,20,21,22,23). The number of halogens is 2. The highest BCUT2D eigenvalue weighted by atomic mass is 35.5. The number of rotatable bonds is 3. The molecule has 0 bridgehead atoms. The van der Waals surface area contributed by atoms with Crippen LogP contribution in [0.2, 0.25) is 5.02 Å². The van der Waals surface area contributed by atoms with Gasteiger partial charge in [-0.05, 0) is 25.1 Å². The van der Waals surface area contributed by atoms with Crippen molar-refractivity contribution in [1.82, 2.24) is 9.97 Å². The van der Waals surface area contributed by atoms with Gasteiger partial charge in [0.05, 0.1) is 10.7 Å². The molecule has 0 aliphatic heterocycles. The van der Waals surface area contributed by atoms with Crippen LogP contribution in [-0.4, -0.2) is 9.97 Å². The second kappa shape index (κ2) is 6.22. The fraction of sp³-hybridized carbons (Fsp3) is 0.0588. The van der Waals surface area contributed by atoms with E-state index in [0.29, 0.717) is 11.4 Å². The Kier molecular flexibility index (Phi) is 4.12. The first-order chi connectivity index (χ1) is 11.0. The summed E-state index contributed by atoms with van der Waals surface area (Å²) in [5.74, 6) is -0.316. The molecule has 2 N–H and O–H groups in total. The summed E-state index contributed by atoms with van der Waals surface area (Å²) in [5, 5.41) is 2.90. The van der Waals surface area contributed by atoms with Crippen LogP contribution in [0.5, 0.6) is 0 Å². The lowest BCUT2D eigenvalue weighted by atomic mass is 10.1. The fourth-order valence-electron chi connectivity index (χ4n) is 2.10. The van der Waals surface area contributed by atoms with Crippen molar-refractivity contribution in [2.24, 2.45) is 0 Å². The zero-order chi connectivity index (χ0) is 16.4. The third kappa shape index (κ3) is 3.57. The van der Waals surface area contributed by atoms with E-state index in [1.807, 2.05) is 31.2 Å². The minimum atomic E-state index is -0.547. The average molecular weight is 330 g/mol. The molecule has 0 spiro atoms. The minimum Gasteiger partial charge on any atom is -0.326 e. The highest BCUT2D eigenvalue weighted by Crippen LogP contribution is 2.22. The van der Waals surface area contributed by atoms with Crippen LogP contribution < -0.4 is 10.9 Å². The Labute approximate surface area is 137 Å². The molecular formula is C17H13ClFN3O. The Morgan fingerprint density at radius 1 is 1.13 bits per heavy atom. The zero-order valence-corrected chi connectivity index (χ0v) is 13.0. The summed E-state index contributed by atoms with van der Waals surface area (Å²) < 4.78 is 13.5. The molecule has 0 atom stereocenters. The fourth-order valence-corrected chi connectivity index (χ4v) is 2.22. The Hall–Kier alpha value is -2.66. The molecule has 6 heteroatoms. The minimum absolute atomic E-state index is 0.0328. The lowest BCUT2D eigenvalue weighted by Gasteiger charge is -2.08. The summed E-state index contributed by atoms with van der Waals surface area (Å²) in [6.07, 6.45) is 0. The van der Waals surface area contributed by atoms with Crippen molar-refractivity contribution in [2.45, 2.75) is 6.92 Å². The van der Waals surface area contributed by atoms with E-state index >= 15 is 0 Å². The van der Waals surface area contributed by atoms with Gasteiger partial charge in [0.1, 0.15) is 5.82 Å². The molecule has 23 heavy (non-hydrogen) atoms. The van der Waals surface area contributed by atoms with Crippen LogP contribution in [0.15, 0.2) is 53.3 Å². The van der Waals surface area contributed by atoms with Gasteiger partial charge in [-0.15, -0.1) is 0 Å². The molecule has 116 valence electrons. The van der Waals surface area contributed by atoms with Crippen LogP contribution in [0.1, 0.15) is 5.56 Å². The highest BCUT2D eigenvalue weighted by molar-refractivity contribution is 6.30. The first-order valence-corrected chi connectivity index (χ1v) is 7.29. The van der Waals surface area contributed by atoms with Crippen LogP contribution >= 0.6 is 11.6 Å². The molecule has 2 aromatic carbocycles. The normalized spacial score (nSPS) is 10.6. The monoisotopic (exact) mass is 329 g/mol. The smallest absolute Gasteiger partial charge is 0.252 e. The van der Waals surface area contributed by atoms with Crippen molar-refractivity contribution < 1.29 is 4.39 Å². The van der Waals surface area contributed by atoms with Crippen molar-refractivity contribution in [3.63, 3.8) is 0 Å². The molecule has 0 aliphatic carbocycles. The van der Waals surface area contributed by atoms with Crippen LogP contribution in [0.4, 0.5) is 16.0 Å². The lowest BCUT2D eigenvalue weighted by molar-refractivity contribution is 0.629. The Morgan fingerprint density at radius 2 is 1.87 bits per heavy atom. The maximum absolute atomic E-state index is 13.5. The Bertz CT molecular complexity index is 906. The summed E-state index contributed by atoms with van der Waals surface area (Å²) in [5.41, 5.74) is 2.62. The van der Waals surface area contributed by atoms with Gasteiger partial charge >= 0.3 is 0 Å². The van der Waals surface area contributed by atoms with E-state index in [-0.39, 0.29) is 16.5 Å². The van der Waals surface area contributed by atoms with Gasteiger partial charge in [-0.25, -0.2) is 9.37 Å². The maximum atomic E-state index is 13.5. The quantitative estimate of drug-likeness (QED) is 0.754. The van der Waals surface area contributed by atoms with Gasteiger partial charge in [0.2, 0.25) is 5.95 Å². The van der Waals surface area contributed by atoms with Crippen molar-refractivity contribution in [1.29, 1.82) is 0 Å². The molecule has 1 aromatic heterocycles. The maximum Gasteiger partial charge on any atom is 0.252 e.